The standard InChI is InChI=1S/C10H14FNO/c1-6-3-10(13)9(11)4-8(6)7(2)5-12/h3-4,7,13H,5,12H2,1-2H3. The van der Waals surface area contributed by atoms with Gasteiger partial charge in [0.2, 0.25) is 0 Å². The molecule has 1 unspecified atom stereocenters. The summed E-state index contributed by atoms with van der Waals surface area (Å²) >= 11 is 0. The molecule has 13 heavy (non-hydrogen) atoms. The lowest BCUT2D eigenvalue weighted by molar-refractivity contribution is 0.430. The van der Waals surface area contributed by atoms with E-state index in [1.165, 1.54) is 12.1 Å². The molecule has 1 aromatic carbocycles. The largest absolute Gasteiger partial charge is 0.505 e. The fourth-order valence-electron chi connectivity index (χ4n) is 1.34. The number of halogens is 1. The van der Waals surface area contributed by atoms with Crippen LogP contribution in [0.2, 0.25) is 0 Å². The van der Waals surface area contributed by atoms with Crippen molar-refractivity contribution in [2.75, 3.05) is 6.54 Å². The van der Waals surface area contributed by atoms with Gasteiger partial charge in [0.05, 0.1) is 0 Å². The van der Waals surface area contributed by atoms with E-state index in [-0.39, 0.29) is 11.7 Å². The lowest BCUT2D eigenvalue weighted by atomic mass is 9.96. The highest BCUT2D eigenvalue weighted by Crippen LogP contribution is 2.25. The molecule has 0 aromatic heterocycles. The van der Waals surface area contributed by atoms with Gasteiger partial charge < -0.3 is 10.8 Å². The third-order valence-electron chi connectivity index (χ3n) is 2.22. The van der Waals surface area contributed by atoms with E-state index >= 15 is 0 Å². The number of hydrogen-bond acceptors (Lipinski definition) is 2. The topological polar surface area (TPSA) is 46.2 Å². The van der Waals surface area contributed by atoms with Crippen molar-refractivity contribution in [2.24, 2.45) is 5.73 Å². The Kier molecular flexibility index (Phi) is 2.88. The van der Waals surface area contributed by atoms with Crippen molar-refractivity contribution in [3.8, 4) is 5.75 Å². The highest BCUT2D eigenvalue weighted by Gasteiger charge is 2.10. The predicted molar refractivity (Wildman–Crippen MR) is 50.3 cm³/mol. The average Bonchev–Trinajstić information content (AvgIpc) is 2.10. The molecule has 0 radical (unpaired) electrons. The minimum Gasteiger partial charge on any atom is -0.505 e. The van der Waals surface area contributed by atoms with Gasteiger partial charge in [-0.05, 0) is 42.6 Å². The fraction of sp³-hybridized carbons (Fsp3) is 0.400. The third kappa shape index (κ3) is 1.98. The number of benzene rings is 1. The van der Waals surface area contributed by atoms with Crippen LogP contribution < -0.4 is 5.73 Å². The normalized spacial score (nSPS) is 12.9. The minimum atomic E-state index is -0.582. The first-order valence-electron chi connectivity index (χ1n) is 4.25. The quantitative estimate of drug-likeness (QED) is 0.735. The highest BCUT2D eigenvalue weighted by atomic mass is 19.1. The molecule has 0 saturated heterocycles. The molecule has 0 aliphatic heterocycles. The van der Waals surface area contributed by atoms with E-state index in [1.54, 1.807) is 0 Å². The highest BCUT2D eigenvalue weighted by molar-refractivity contribution is 5.37. The summed E-state index contributed by atoms with van der Waals surface area (Å²) in [5.74, 6) is -0.763. The number of phenolic OH excluding ortho intramolecular Hbond substituents is 1. The molecule has 3 heteroatoms. The van der Waals surface area contributed by atoms with Gasteiger partial charge in [-0.25, -0.2) is 4.39 Å². The molecule has 1 aromatic rings. The van der Waals surface area contributed by atoms with Crippen LogP contribution in [0.1, 0.15) is 24.0 Å². The maximum atomic E-state index is 13.0. The van der Waals surface area contributed by atoms with E-state index in [9.17, 15) is 4.39 Å². The van der Waals surface area contributed by atoms with Crippen molar-refractivity contribution in [3.63, 3.8) is 0 Å². The van der Waals surface area contributed by atoms with Crippen LogP contribution in [0.4, 0.5) is 4.39 Å². The second kappa shape index (κ2) is 3.75. The van der Waals surface area contributed by atoms with E-state index in [4.69, 9.17) is 10.8 Å². The zero-order valence-electron chi connectivity index (χ0n) is 7.84. The number of aromatic hydroxyl groups is 1. The molecule has 3 N–H and O–H groups in total. The molecule has 0 amide bonds. The van der Waals surface area contributed by atoms with Crippen LogP contribution in [-0.4, -0.2) is 11.7 Å². The maximum absolute atomic E-state index is 13.0. The first-order chi connectivity index (χ1) is 6.06. The Morgan fingerprint density at radius 2 is 2.15 bits per heavy atom. The summed E-state index contributed by atoms with van der Waals surface area (Å²) in [6.07, 6.45) is 0. The van der Waals surface area contributed by atoms with Gasteiger partial charge >= 0.3 is 0 Å². The van der Waals surface area contributed by atoms with Gasteiger partial charge in [-0.15, -0.1) is 0 Å². The molecule has 1 rings (SSSR count). The molecular formula is C10H14FNO. The summed E-state index contributed by atoms with van der Waals surface area (Å²) in [6, 6.07) is 2.78. The first kappa shape index (κ1) is 9.99. The number of hydrogen-bond donors (Lipinski definition) is 2. The van der Waals surface area contributed by atoms with Gasteiger partial charge in [0.25, 0.3) is 0 Å². The molecule has 1 atom stereocenters. The molecule has 0 aliphatic carbocycles. The lowest BCUT2D eigenvalue weighted by Crippen LogP contribution is -2.10. The molecule has 0 fully saturated rings. The summed E-state index contributed by atoms with van der Waals surface area (Å²) in [7, 11) is 0. The van der Waals surface area contributed by atoms with Crippen molar-refractivity contribution in [1.82, 2.24) is 0 Å². The van der Waals surface area contributed by atoms with Crippen molar-refractivity contribution in [1.29, 1.82) is 0 Å². The van der Waals surface area contributed by atoms with Crippen LogP contribution in [0.3, 0.4) is 0 Å². The molecule has 2 nitrogen and oxygen atoms in total. The number of aryl methyl sites for hydroxylation is 1. The summed E-state index contributed by atoms with van der Waals surface area (Å²) in [5.41, 5.74) is 7.21. The zero-order valence-corrected chi connectivity index (χ0v) is 7.84. The lowest BCUT2D eigenvalue weighted by Gasteiger charge is -2.12. The van der Waals surface area contributed by atoms with Crippen LogP contribution >= 0.6 is 0 Å². The van der Waals surface area contributed by atoms with E-state index in [1.807, 2.05) is 13.8 Å². The Morgan fingerprint density at radius 1 is 1.54 bits per heavy atom. The Morgan fingerprint density at radius 3 is 2.69 bits per heavy atom. The SMILES string of the molecule is Cc1cc(O)c(F)cc1C(C)CN. The van der Waals surface area contributed by atoms with Gasteiger partial charge in [-0.2, -0.15) is 0 Å². The van der Waals surface area contributed by atoms with Crippen LogP contribution in [0, 0.1) is 12.7 Å². The van der Waals surface area contributed by atoms with Gasteiger partial charge in [0.15, 0.2) is 11.6 Å². The second-order valence-corrected chi connectivity index (χ2v) is 3.30. The average molecular weight is 183 g/mol. The van der Waals surface area contributed by atoms with Crippen molar-refractivity contribution >= 4 is 0 Å². The predicted octanol–water partition coefficient (Wildman–Crippen LogP) is 1.90. The van der Waals surface area contributed by atoms with E-state index in [0.29, 0.717) is 6.54 Å². The Labute approximate surface area is 77.2 Å². The van der Waals surface area contributed by atoms with Crippen LogP contribution in [0.5, 0.6) is 5.75 Å². The molecule has 0 aliphatic rings. The molecule has 0 saturated carbocycles. The first-order valence-corrected chi connectivity index (χ1v) is 4.25. The van der Waals surface area contributed by atoms with E-state index < -0.39 is 5.82 Å². The van der Waals surface area contributed by atoms with E-state index in [0.717, 1.165) is 11.1 Å². The molecule has 0 heterocycles. The van der Waals surface area contributed by atoms with Crippen molar-refractivity contribution in [3.05, 3.63) is 29.1 Å². The molecule has 0 bridgehead atoms. The Balaban J connectivity index is 3.15. The third-order valence-corrected chi connectivity index (χ3v) is 2.22. The van der Waals surface area contributed by atoms with Gasteiger partial charge in [-0.1, -0.05) is 6.92 Å². The van der Waals surface area contributed by atoms with Crippen LogP contribution in [-0.2, 0) is 0 Å². The summed E-state index contributed by atoms with van der Waals surface area (Å²) in [6.45, 7) is 4.24. The fourth-order valence-corrected chi connectivity index (χ4v) is 1.34. The van der Waals surface area contributed by atoms with Gasteiger partial charge in [0.1, 0.15) is 0 Å². The summed E-state index contributed by atoms with van der Waals surface area (Å²) in [5, 5.41) is 9.07. The molecule has 72 valence electrons. The number of rotatable bonds is 2. The maximum Gasteiger partial charge on any atom is 0.165 e. The minimum absolute atomic E-state index is 0.120. The second-order valence-electron chi connectivity index (χ2n) is 3.30. The van der Waals surface area contributed by atoms with Crippen LogP contribution in [0.15, 0.2) is 12.1 Å². The van der Waals surface area contributed by atoms with Crippen molar-refractivity contribution < 1.29 is 9.50 Å². The van der Waals surface area contributed by atoms with Gasteiger partial charge in [0, 0.05) is 0 Å². The van der Waals surface area contributed by atoms with Crippen LogP contribution in [0.25, 0.3) is 0 Å². The molecular weight excluding hydrogens is 169 g/mol. The monoisotopic (exact) mass is 183 g/mol. The number of phenols is 1. The number of nitrogens with two attached hydrogens (primary N) is 1. The molecule has 0 spiro atoms. The Bertz CT molecular complexity index is 312. The smallest absolute Gasteiger partial charge is 0.165 e. The summed E-state index contributed by atoms with van der Waals surface area (Å²) < 4.78 is 13.0. The van der Waals surface area contributed by atoms with E-state index in [2.05, 4.69) is 0 Å². The Hall–Kier alpha value is -1.09. The van der Waals surface area contributed by atoms with Crippen molar-refractivity contribution in [2.45, 2.75) is 19.8 Å². The summed E-state index contributed by atoms with van der Waals surface area (Å²) in [4.78, 5) is 0. The zero-order chi connectivity index (χ0) is 10.0. The van der Waals surface area contributed by atoms with Gasteiger partial charge in [-0.3, -0.25) is 0 Å².